The van der Waals surface area contributed by atoms with Crippen molar-refractivity contribution >= 4 is 21.8 Å². The predicted octanol–water partition coefficient (Wildman–Crippen LogP) is 2.97. The van der Waals surface area contributed by atoms with E-state index in [1.54, 1.807) is 0 Å². The first-order valence-electron chi connectivity index (χ1n) is 7.24. The molecule has 0 aliphatic heterocycles. The lowest BCUT2D eigenvalue weighted by atomic mass is 10.1. The summed E-state index contributed by atoms with van der Waals surface area (Å²) in [6.45, 7) is 1.51. The van der Waals surface area contributed by atoms with Crippen LogP contribution in [0.3, 0.4) is 0 Å². The third kappa shape index (κ3) is 4.06. The van der Waals surface area contributed by atoms with Gasteiger partial charge in [0.05, 0.1) is 0 Å². The molecule has 0 unspecified atom stereocenters. The number of aryl methyl sites for hydroxylation is 1. The summed E-state index contributed by atoms with van der Waals surface area (Å²) < 4.78 is 1.13. The van der Waals surface area contributed by atoms with E-state index in [-0.39, 0.29) is 11.3 Å². The highest BCUT2D eigenvalue weighted by Crippen LogP contribution is 2.44. The zero-order chi connectivity index (χ0) is 14.6. The van der Waals surface area contributed by atoms with Crippen LogP contribution < -0.4 is 5.73 Å². The molecular formula is C16H23BrN2O. The number of hydrogen-bond donors (Lipinski definition) is 1. The standard InChI is InChI=1S/C16H23BrN2O/c1-19(12-16(11-18)9-10-16)15(20)8-4-6-13-5-2-3-7-14(13)17/h2-3,5,7H,4,6,8-12,18H2,1H3. The maximum absolute atomic E-state index is 12.1. The first kappa shape index (κ1) is 15.5. The summed E-state index contributed by atoms with van der Waals surface area (Å²) in [6.07, 6.45) is 4.76. The quantitative estimate of drug-likeness (QED) is 0.830. The zero-order valence-electron chi connectivity index (χ0n) is 12.1. The highest BCUT2D eigenvalue weighted by molar-refractivity contribution is 9.10. The van der Waals surface area contributed by atoms with Crippen molar-refractivity contribution in [1.82, 2.24) is 4.90 Å². The van der Waals surface area contributed by atoms with Gasteiger partial charge in [-0.05, 0) is 43.9 Å². The summed E-state index contributed by atoms with van der Waals surface area (Å²) in [6, 6.07) is 8.19. The van der Waals surface area contributed by atoms with Gasteiger partial charge in [0, 0.05) is 29.9 Å². The molecule has 1 aromatic rings. The molecule has 1 aliphatic rings. The van der Waals surface area contributed by atoms with Crippen LogP contribution in [0.1, 0.15) is 31.2 Å². The van der Waals surface area contributed by atoms with Gasteiger partial charge in [-0.2, -0.15) is 0 Å². The van der Waals surface area contributed by atoms with E-state index in [4.69, 9.17) is 5.73 Å². The van der Waals surface area contributed by atoms with E-state index in [2.05, 4.69) is 22.0 Å². The number of hydrogen-bond acceptors (Lipinski definition) is 2. The number of nitrogens with two attached hydrogens (primary N) is 1. The van der Waals surface area contributed by atoms with E-state index in [9.17, 15) is 4.79 Å². The van der Waals surface area contributed by atoms with Crippen LogP contribution in [-0.4, -0.2) is 30.9 Å². The maximum atomic E-state index is 12.1. The van der Waals surface area contributed by atoms with Gasteiger partial charge in [0.1, 0.15) is 0 Å². The van der Waals surface area contributed by atoms with Gasteiger partial charge in [0.2, 0.25) is 5.91 Å². The van der Waals surface area contributed by atoms with Crippen molar-refractivity contribution in [3.05, 3.63) is 34.3 Å². The van der Waals surface area contributed by atoms with E-state index < -0.39 is 0 Å². The molecule has 0 atom stereocenters. The van der Waals surface area contributed by atoms with Crippen LogP contribution in [0.2, 0.25) is 0 Å². The summed E-state index contributed by atoms with van der Waals surface area (Å²) >= 11 is 3.54. The maximum Gasteiger partial charge on any atom is 0.222 e. The molecule has 0 radical (unpaired) electrons. The molecule has 20 heavy (non-hydrogen) atoms. The molecule has 1 aromatic carbocycles. The molecule has 3 nitrogen and oxygen atoms in total. The van der Waals surface area contributed by atoms with E-state index in [1.807, 2.05) is 30.1 Å². The fraction of sp³-hybridized carbons (Fsp3) is 0.562. The Balaban J connectivity index is 1.74. The number of nitrogens with zero attached hydrogens (tertiary/aromatic N) is 1. The van der Waals surface area contributed by atoms with E-state index in [0.29, 0.717) is 13.0 Å². The molecule has 0 saturated heterocycles. The lowest BCUT2D eigenvalue weighted by molar-refractivity contribution is -0.130. The molecule has 0 bridgehead atoms. The molecule has 0 heterocycles. The minimum absolute atomic E-state index is 0.229. The number of rotatable bonds is 7. The van der Waals surface area contributed by atoms with E-state index in [1.165, 1.54) is 5.56 Å². The van der Waals surface area contributed by atoms with Crippen molar-refractivity contribution in [2.24, 2.45) is 11.1 Å². The molecule has 1 fully saturated rings. The van der Waals surface area contributed by atoms with Gasteiger partial charge >= 0.3 is 0 Å². The van der Waals surface area contributed by atoms with Crippen molar-refractivity contribution in [2.75, 3.05) is 20.1 Å². The number of carbonyl (C=O) groups is 1. The molecule has 4 heteroatoms. The lowest BCUT2D eigenvalue weighted by Crippen LogP contribution is -2.35. The Labute approximate surface area is 129 Å². The third-order valence-electron chi connectivity index (χ3n) is 4.18. The molecule has 1 amide bonds. The Kier molecular flexibility index (Phi) is 5.22. The highest BCUT2D eigenvalue weighted by Gasteiger charge is 2.42. The first-order valence-corrected chi connectivity index (χ1v) is 8.03. The number of halogens is 1. The van der Waals surface area contributed by atoms with Crippen LogP contribution in [0.5, 0.6) is 0 Å². The second kappa shape index (κ2) is 6.72. The minimum atomic E-state index is 0.229. The fourth-order valence-corrected chi connectivity index (χ4v) is 3.00. The van der Waals surface area contributed by atoms with Crippen LogP contribution >= 0.6 is 15.9 Å². The first-order chi connectivity index (χ1) is 9.56. The largest absolute Gasteiger partial charge is 0.345 e. The second-order valence-corrected chi connectivity index (χ2v) is 6.75. The molecule has 110 valence electrons. The lowest BCUT2D eigenvalue weighted by Gasteiger charge is -2.22. The molecule has 1 saturated carbocycles. The monoisotopic (exact) mass is 338 g/mol. The van der Waals surface area contributed by atoms with Gasteiger partial charge in [-0.1, -0.05) is 34.1 Å². The van der Waals surface area contributed by atoms with Gasteiger partial charge < -0.3 is 10.6 Å². The van der Waals surface area contributed by atoms with Crippen LogP contribution in [0.15, 0.2) is 28.7 Å². The average Bonchev–Trinajstić information content (AvgIpc) is 3.21. The van der Waals surface area contributed by atoms with E-state index >= 15 is 0 Å². The Morgan fingerprint density at radius 1 is 1.40 bits per heavy atom. The Morgan fingerprint density at radius 2 is 2.10 bits per heavy atom. The second-order valence-electron chi connectivity index (χ2n) is 5.90. The molecule has 2 N–H and O–H groups in total. The molecule has 0 aromatic heterocycles. The smallest absolute Gasteiger partial charge is 0.222 e. The third-order valence-corrected chi connectivity index (χ3v) is 4.96. The predicted molar refractivity (Wildman–Crippen MR) is 85.4 cm³/mol. The normalized spacial score (nSPS) is 15.9. The van der Waals surface area contributed by atoms with Gasteiger partial charge in [-0.3, -0.25) is 4.79 Å². The number of carbonyl (C=O) groups excluding carboxylic acids is 1. The Morgan fingerprint density at radius 3 is 2.70 bits per heavy atom. The van der Waals surface area contributed by atoms with Crippen molar-refractivity contribution < 1.29 is 4.79 Å². The molecular weight excluding hydrogens is 316 g/mol. The van der Waals surface area contributed by atoms with Crippen molar-refractivity contribution in [2.45, 2.75) is 32.1 Å². The Hall–Kier alpha value is -0.870. The minimum Gasteiger partial charge on any atom is -0.345 e. The molecule has 2 rings (SSSR count). The summed E-state index contributed by atoms with van der Waals surface area (Å²) in [5.41, 5.74) is 7.26. The summed E-state index contributed by atoms with van der Waals surface area (Å²) in [7, 11) is 1.90. The van der Waals surface area contributed by atoms with Crippen LogP contribution in [0.4, 0.5) is 0 Å². The topological polar surface area (TPSA) is 46.3 Å². The SMILES string of the molecule is CN(CC1(CN)CC1)C(=O)CCCc1ccccc1Br. The van der Waals surface area contributed by atoms with Crippen molar-refractivity contribution in [3.8, 4) is 0 Å². The van der Waals surface area contributed by atoms with Crippen LogP contribution in [-0.2, 0) is 11.2 Å². The van der Waals surface area contributed by atoms with Gasteiger partial charge in [-0.25, -0.2) is 0 Å². The number of amides is 1. The summed E-state index contributed by atoms with van der Waals surface area (Å²) in [4.78, 5) is 14.0. The van der Waals surface area contributed by atoms with Crippen molar-refractivity contribution in [3.63, 3.8) is 0 Å². The van der Waals surface area contributed by atoms with E-state index in [0.717, 1.165) is 36.7 Å². The van der Waals surface area contributed by atoms with Crippen LogP contribution in [0, 0.1) is 5.41 Å². The van der Waals surface area contributed by atoms with Gasteiger partial charge in [0.15, 0.2) is 0 Å². The zero-order valence-corrected chi connectivity index (χ0v) is 13.7. The average molecular weight is 339 g/mol. The summed E-state index contributed by atoms with van der Waals surface area (Å²) in [5.74, 6) is 0.233. The van der Waals surface area contributed by atoms with Gasteiger partial charge in [-0.15, -0.1) is 0 Å². The highest BCUT2D eigenvalue weighted by atomic mass is 79.9. The summed E-state index contributed by atoms with van der Waals surface area (Å²) in [5, 5.41) is 0. The molecule has 0 spiro atoms. The Bertz CT molecular complexity index is 471. The van der Waals surface area contributed by atoms with Crippen molar-refractivity contribution in [1.29, 1.82) is 0 Å². The van der Waals surface area contributed by atoms with Crippen LogP contribution in [0.25, 0.3) is 0 Å². The van der Waals surface area contributed by atoms with Gasteiger partial charge in [0.25, 0.3) is 0 Å². The molecule has 1 aliphatic carbocycles. The number of benzene rings is 1. The fourth-order valence-electron chi connectivity index (χ4n) is 2.52.